The minimum Gasteiger partial charge on any atom is -0.379 e. The van der Waals surface area contributed by atoms with Gasteiger partial charge in [0.05, 0.1) is 13.2 Å². The van der Waals surface area contributed by atoms with Crippen molar-refractivity contribution in [3.63, 3.8) is 0 Å². The predicted molar refractivity (Wildman–Crippen MR) is 51.3 cm³/mol. The molecule has 1 atom stereocenters. The highest BCUT2D eigenvalue weighted by molar-refractivity contribution is 4.75. The number of nitrogens with zero attached hydrogens (tertiary/aromatic N) is 1. The van der Waals surface area contributed by atoms with E-state index in [1.54, 1.807) is 0 Å². The van der Waals surface area contributed by atoms with Gasteiger partial charge in [-0.3, -0.25) is 4.90 Å². The third kappa shape index (κ3) is 2.46. The third-order valence-corrected chi connectivity index (χ3v) is 2.70. The van der Waals surface area contributed by atoms with Crippen molar-refractivity contribution in [2.75, 3.05) is 26.3 Å². The van der Waals surface area contributed by atoms with Crippen molar-refractivity contribution in [2.24, 2.45) is 5.92 Å². The summed E-state index contributed by atoms with van der Waals surface area (Å²) in [4.78, 5) is 2.56. The maximum atomic E-state index is 5.33. The highest BCUT2D eigenvalue weighted by Crippen LogP contribution is 2.15. The molecule has 2 nitrogen and oxygen atoms in total. The SMILES string of the molecule is CCC(C(C)C)N1CCOCC1. The van der Waals surface area contributed by atoms with Gasteiger partial charge in [0, 0.05) is 19.1 Å². The minimum absolute atomic E-state index is 0.758. The molecule has 2 heteroatoms. The van der Waals surface area contributed by atoms with Gasteiger partial charge in [0.1, 0.15) is 0 Å². The first-order valence-corrected chi connectivity index (χ1v) is 5.07. The van der Waals surface area contributed by atoms with Gasteiger partial charge in [0.15, 0.2) is 0 Å². The van der Waals surface area contributed by atoms with E-state index in [4.69, 9.17) is 4.74 Å². The molecule has 1 unspecified atom stereocenters. The first-order chi connectivity index (χ1) is 5.75. The molecule has 0 spiro atoms. The molecule has 1 aliphatic rings. The average molecular weight is 171 g/mol. The maximum absolute atomic E-state index is 5.33. The highest BCUT2D eigenvalue weighted by atomic mass is 16.5. The van der Waals surface area contributed by atoms with Gasteiger partial charge < -0.3 is 4.74 Å². The lowest BCUT2D eigenvalue weighted by Crippen LogP contribution is -2.45. The van der Waals surface area contributed by atoms with Crippen molar-refractivity contribution in [2.45, 2.75) is 33.2 Å². The molecule has 0 aromatic rings. The molecule has 0 amide bonds. The summed E-state index contributed by atoms with van der Waals surface area (Å²) in [5.41, 5.74) is 0. The van der Waals surface area contributed by atoms with Crippen LogP contribution in [0.5, 0.6) is 0 Å². The molecule has 0 bridgehead atoms. The summed E-state index contributed by atoms with van der Waals surface area (Å²) < 4.78 is 5.33. The number of hydrogen-bond acceptors (Lipinski definition) is 2. The number of hydrogen-bond donors (Lipinski definition) is 0. The Bertz CT molecular complexity index is 119. The molecule has 1 saturated heterocycles. The molecule has 0 saturated carbocycles. The zero-order valence-electron chi connectivity index (χ0n) is 8.55. The molecule has 1 aliphatic heterocycles. The zero-order chi connectivity index (χ0) is 8.97. The van der Waals surface area contributed by atoms with Crippen molar-refractivity contribution in [1.82, 2.24) is 4.90 Å². The van der Waals surface area contributed by atoms with E-state index in [0.29, 0.717) is 0 Å². The number of morpholine rings is 1. The molecule has 72 valence electrons. The smallest absolute Gasteiger partial charge is 0.0594 e. The summed E-state index contributed by atoms with van der Waals surface area (Å²) in [6.07, 6.45) is 1.26. The second kappa shape index (κ2) is 4.83. The molecular formula is C10H21NO. The molecule has 0 radical (unpaired) electrons. The Balaban J connectivity index is 2.40. The summed E-state index contributed by atoms with van der Waals surface area (Å²) in [5, 5.41) is 0. The quantitative estimate of drug-likeness (QED) is 0.641. The van der Waals surface area contributed by atoms with E-state index in [2.05, 4.69) is 25.7 Å². The predicted octanol–water partition coefficient (Wildman–Crippen LogP) is 1.75. The highest BCUT2D eigenvalue weighted by Gasteiger charge is 2.21. The summed E-state index contributed by atoms with van der Waals surface area (Å²) in [6.45, 7) is 11.0. The third-order valence-electron chi connectivity index (χ3n) is 2.70. The summed E-state index contributed by atoms with van der Waals surface area (Å²) in [5.74, 6) is 0.771. The molecular weight excluding hydrogens is 150 g/mol. The second-order valence-corrected chi connectivity index (χ2v) is 3.87. The Morgan fingerprint density at radius 2 is 1.83 bits per heavy atom. The Morgan fingerprint density at radius 1 is 1.25 bits per heavy atom. The van der Waals surface area contributed by atoms with Crippen LogP contribution in [0.3, 0.4) is 0 Å². The van der Waals surface area contributed by atoms with E-state index in [1.165, 1.54) is 6.42 Å². The van der Waals surface area contributed by atoms with E-state index in [1.807, 2.05) is 0 Å². The van der Waals surface area contributed by atoms with Gasteiger partial charge in [-0.15, -0.1) is 0 Å². The molecule has 0 aromatic heterocycles. The van der Waals surface area contributed by atoms with Crippen molar-refractivity contribution < 1.29 is 4.74 Å². The van der Waals surface area contributed by atoms with E-state index < -0.39 is 0 Å². The van der Waals surface area contributed by atoms with Gasteiger partial charge in [-0.1, -0.05) is 20.8 Å². The summed E-state index contributed by atoms with van der Waals surface area (Å²) in [7, 11) is 0. The second-order valence-electron chi connectivity index (χ2n) is 3.87. The van der Waals surface area contributed by atoms with Gasteiger partial charge in [-0.2, -0.15) is 0 Å². The molecule has 0 aliphatic carbocycles. The summed E-state index contributed by atoms with van der Waals surface area (Å²) >= 11 is 0. The summed E-state index contributed by atoms with van der Waals surface area (Å²) in [6, 6.07) is 0.758. The van der Waals surface area contributed by atoms with Gasteiger partial charge >= 0.3 is 0 Å². The van der Waals surface area contributed by atoms with Gasteiger partial charge in [-0.05, 0) is 12.3 Å². The van der Waals surface area contributed by atoms with E-state index >= 15 is 0 Å². The molecule has 0 aromatic carbocycles. The zero-order valence-corrected chi connectivity index (χ0v) is 8.55. The molecule has 1 fully saturated rings. The minimum atomic E-state index is 0.758. The number of rotatable bonds is 3. The van der Waals surface area contributed by atoms with Crippen LogP contribution in [0.1, 0.15) is 27.2 Å². The molecule has 0 N–H and O–H groups in total. The van der Waals surface area contributed by atoms with Crippen LogP contribution in [-0.2, 0) is 4.74 Å². The topological polar surface area (TPSA) is 12.5 Å². The lowest BCUT2D eigenvalue weighted by atomic mass is 10.00. The lowest BCUT2D eigenvalue weighted by Gasteiger charge is -2.36. The first kappa shape index (κ1) is 10.0. The van der Waals surface area contributed by atoms with Crippen LogP contribution in [0.15, 0.2) is 0 Å². The monoisotopic (exact) mass is 171 g/mol. The van der Waals surface area contributed by atoms with Crippen LogP contribution in [-0.4, -0.2) is 37.2 Å². The Kier molecular flexibility index (Phi) is 4.02. The first-order valence-electron chi connectivity index (χ1n) is 5.07. The molecule has 1 heterocycles. The Morgan fingerprint density at radius 3 is 2.25 bits per heavy atom. The van der Waals surface area contributed by atoms with E-state index in [9.17, 15) is 0 Å². The fraction of sp³-hybridized carbons (Fsp3) is 1.00. The molecule has 12 heavy (non-hydrogen) atoms. The van der Waals surface area contributed by atoms with Crippen LogP contribution in [0.4, 0.5) is 0 Å². The largest absolute Gasteiger partial charge is 0.379 e. The van der Waals surface area contributed by atoms with Gasteiger partial charge in [-0.25, -0.2) is 0 Å². The van der Waals surface area contributed by atoms with Crippen LogP contribution < -0.4 is 0 Å². The lowest BCUT2D eigenvalue weighted by molar-refractivity contribution is 0.00542. The van der Waals surface area contributed by atoms with Crippen molar-refractivity contribution >= 4 is 0 Å². The normalized spacial score (nSPS) is 23.0. The molecule has 1 rings (SSSR count). The van der Waals surface area contributed by atoms with Crippen molar-refractivity contribution in [3.8, 4) is 0 Å². The van der Waals surface area contributed by atoms with Crippen LogP contribution in [0.25, 0.3) is 0 Å². The van der Waals surface area contributed by atoms with E-state index in [-0.39, 0.29) is 0 Å². The number of ether oxygens (including phenoxy) is 1. The van der Waals surface area contributed by atoms with Gasteiger partial charge in [0.2, 0.25) is 0 Å². The van der Waals surface area contributed by atoms with Crippen LogP contribution in [0.2, 0.25) is 0 Å². The van der Waals surface area contributed by atoms with Crippen LogP contribution in [0, 0.1) is 5.92 Å². The average Bonchev–Trinajstić information content (AvgIpc) is 2.07. The Hall–Kier alpha value is -0.0800. The standard InChI is InChI=1S/C10H21NO/c1-4-10(9(2)3)11-5-7-12-8-6-11/h9-10H,4-8H2,1-3H3. The van der Waals surface area contributed by atoms with Crippen molar-refractivity contribution in [1.29, 1.82) is 0 Å². The van der Waals surface area contributed by atoms with Crippen molar-refractivity contribution in [3.05, 3.63) is 0 Å². The maximum Gasteiger partial charge on any atom is 0.0594 e. The van der Waals surface area contributed by atoms with E-state index in [0.717, 1.165) is 38.3 Å². The van der Waals surface area contributed by atoms with Crippen LogP contribution >= 0.6 is 0 Å². The Labute approximate surface area is 75.9 Å². The fourth-order valence-electron chi connectivity index (χ4n) is 2.06. The fourth-order valence-corrected chi connectivity index (χ4v) is 2.06. The van der Waals surface area contributed by atoms with Gasteiger partial charge in [0.25, 0.3) is 0 Å².